The average molecular weight is 492 g/mol. The van der Waals surface area contributed by atoms with Gasteiger partial charge in [0.15, 0.2) is 11.7 Å². The van der Waals surface area contributed by atoms with E-state index in [1.165, 1.54) is 13.1 Å². The van der Waals surface area contributed by atoms with Gasteiger partial charge in [-0.05, 0) is 19.4 Å². The number of piperazine rings is 1. The molecular formula is C19H37IN6O. The van der Waals surface area contributed by atoms with Crippen LogP contribution < -0.4 is 10.6 Å². The molecule has 2 heterocycles. The monoisotopic (exact) mass is 492 g/mol. The summed E-state index contributed by atoms with van der Waals surface area (Å²) < 4.78 is 5.46. The molecule has 1 aromatic rings. The van der Waals surface area contributed by atoms with Crippen LogP contribution in [0.3, 0.4) is 0 Å². The van der Waals surface area contributed by atoms with Gasteiger partial charge in [0.05, 0.1) is 12.2 Å². The standard InChI is InChI=1S/C19H36N6O.HI/c1-5-16(6-2)18-14-17(26-23-18)15-22-19(20-4)21-8-9-25-12-10-24(7-3)11-13-25;/h14,16H,5-13,15H2,1-4H3,(H2,20,21,22);1H. The Hall–Kier alpha value is -0.870. The van der Waals surface area contributed by atoms with E-state index in [-0.39, 0.29) is 24.0 Å². The first kappa shape index (κ1) is 24.2. The van der Waals surface area contributed by atoms with Crippen LogP contribution >= 0.6 is 24.0 Å². The third kappa shape index (κ3) is 7.95. The average Bonchev–Trinajstić information content (AvgIpc) is 3.14. The Morgan fingerprint density at radius 3 is 2.41 bits per heavy atom. The second-order valence-corrected chi connectivity index (χ2v) is 6.86. The fourth-order valence-electron chi connectivity index (χ4n) is 3.36. The summed E-state index contributed by atoms with van der Waals surface area (Å²) in [5.41, 5.74) is 1.06. The summed E-state index contributed by atoms with van der Waals surface area (Å²) in [4.78, 5) is 9.29. The van der Waals surface area contributed by atoms with Crippen LogP contribution in [0.5, 0.6) is 0 Å². The number of aliphatic imine (C=N–C) groups is 1. The van der Waals surface area contributed by atoms with Crippen LogP contribution in [-0.2, 0) is 6.54 Å². The Morgan fingerprint density at radius 1 is 1.15 bits per heavy atom. The quantitative estimate of drug-likeness (QED) is 0.314. The zero-order valence-electron chi connectivity index (χ0n) is 17.3. The molecule has 27 heavy (non-hydrogen) atoms. The molecule has 0 spiro atoms. The number of hydrogen-bond donors (Lipinski definition) is 2. The molecule has 0 atom stereocenters. The van der Waals surface area contributed by atoms with Crippen LogP contribution in [0.1, 0.15) is 51.0 Å². The Kier molecular flexibility index (Phi) is 11.9. The fourth-order valence-corrected chi connectivity index (χ4v) is 3.36. The van der Waals surface area contributed by atoms with Crippen molar-refractivity contribution in [3.8, 4) is 0 Å². The first-order chi connectivity index (χ1) is 12.7. The van der Waals surface area contributed by atoms with E-state index in [1.807, 2.05) is 0 Å². The SMILES string of the molecule is CCC(CC)c1cc(CNC(=NC)NCCN2CCN(CC)CC2)on1.I. The van der Waals surface area contributed by atoms with Crippen molar-refractivity contribution in [1.82, 2.24) is 25.6 Å². The Morgan fingerprint density at radius 2 is 1.81 bits per heavy atom. The number of likely N-dealkylation sites (N-methyl/N-ethyl adjacent to an activating group) is 1. The largest absolute Gasteiger partial charge is 0.359 e. The number of guanidine groups is 1. The maximum atomic E-state index is 5.46. The van der Waals surface area contributed by atoms with Gasteiger partial charge < -0.3 is 20.1 Å². The molecule has 0 amide bonds. The summed E-state index contributed by atoms with van der Waals surface area (Å²) in [5.74, 6) is 2.14. The van der Waals surface area contributed by atoms with E-state index in [2.05, 4.69) is 57.4 Å². The van der Waals surface area contributed by atoms with Gasteiger partial charge in [-0.2, -0.15) is 0 Å². The van der Waals surface area contributed by atoms with Crippen molar-refractivity contribution in [3.05, 3.63) is 17.5 Å². The highest BCUT2D eigenvalue weighted by Gasteiger charge is 2.15. The van der Waals surface area contributed by atoms with Crippen LogP contribution in [0.25, 0.3) is 0 Å². The van der Waals surface area contributed by atoms with Gasteiger partial charge in [0.25, 0.3) is 0 Å². The number of nitrogens with zero attached hydrogens (tertiary/aromatic N) is 4. The summed E-state index contributed by atoms with van der Waals surface area (Å²) >= 11 is 0. The van der Waals surface area contributed by atoms with E-state index in [0.29, 0.717) is 12.5 Å². The zero-order valence-corrected chi connectivity index (χ0v) is 19.7. The lowest BCUT2D eigenvalue weighted by Gasteiger charge is -2.34. The lowest BCUT2D eigenvalue weighted by Crippen LogP contribution is -2.49. The molecule has 156 valence electrons. The number of aromatic nitrogens is 1. The van der Waals surface area contributed by atoms with Crippen LogP contribution in [0, 0.1) is 0 Å². The second kappa shape index (κ2) is 13.3. The van der Waals surface area contributed by atoms with Crippen molar-refractivity contribution in [2.24, 2.45) is 4.99 Å². The Labute approximate surface area is 181 Å². The summed E-state index contributed by atoms with van der Waals surface area (Å²) in [6.45, 7) is 14.9. The fraction of sp³-hybridized carbons (Fsp3) is 0.789. The van der Waals surface area contributed by atoms with E-state index in [1.54, 1.807) is 7.05 Å². The summed E-state index contributed by atoms with van der Waals surface area (Å²) in [5, 5.41) is 10.9. The van der Waals surface area contributed by atoms with E-state index < -0.39 is 0 Å². The van der Waals surface area contributed by atoms with Crippen molar-refractivity contribution in [2.75, 3.05) is 52.9 Å². The minimum Gasteiger partial charge on any atom is -0.359 e. The van der Waals surface area contributed by atoms with Crippen molar-refractivity contribution < 1.29 is 4.52 Å². The molecule has 2 rings (SSSR count). The molecule has 0 radical (unpaired) electrons. The smallest absolute Gasteiger partial charge is 0.191 e. The maximum absolute atomic E-state index is 5.46. The molecule has 0 aromatic carbocycles. The van der Waals surface area contributed by atoms with E-state index in [0.717, 1.165) is 63.0 Å². The minimum absolute atomic E-state index is 0. The summed E-state index contributed by atoms with van der Waals surface area (Å²) in [7, 11) is 1.80. The van der Waals surface area contributed by atoms with Gasteiger partial charge in [-0.3, -0.25) is 9.89 Å². The summed E-state index contributed by atoms with van der Waals surface area (Å²) in [6, 6.07) is 2.06. The van der Waals surface area contributed by atoms with Gasteiger partial charge in [0, 0.05) is 58.3 Å². The molecule has 1 fully saturated rings. The Balaban J connectivity index is 0.00000364. The van der Waals surface area contributed by atoms with Crippen molar-refractivity contribution in [1.29, 1.82) is 0 Å². The van der Waals surface area contributed by atoms with Crippen LogP contribution in [0.2, 0.25) is 0 Å². The molecule has 0 saturated carbocycles. The zero-order chi connectivity index (χ0) is 18.8. The van der Waals surface area contributed by atoms with Crippen molar-refractivity contribution >= 4 is 29.9 Å². The second-order valence-electron chi connectivity index (χ2n) is 6.86. The van der Waals surface area contributed by atoms with Crippen LogP contribution in [-0.4, -0.2) is 73.8 Å². The third-order valence-electron chi connectivity index (χ3n) is 5.27. The van der Waals surface area contributed by atoms with Gasteiger partial charge in [0.1, 0.15) is 0 Å². The topological polar surface area (TPSA) is 68.9 Å². The van der Waals surface area contributed by atoms with Gasteiger partial charge in [-0.25, -0.2) is 0 Å². The molecule has 0 bridgehead atoms. The molecule has 1 aliphatic rings. The van der Waals surface area contributed by atoms with E-state index in [4.69, 9.17) is 4.52 Å². The van der Waals surface area contributed by atoms with Gasteiger partial charge in [-0.1, -0.05) is 25.9 Å². The molecule has 1 aliphatic heterocycles. The third-order valence-corrected chi connectivity index (χ3v) is 5.27. The highest BCUT2D eigenvalue weighted by molar-refractivity contribution is 14.0. The van der Waals surface area contributed by atoms with Crippen LogP contribution in [0.15, 0.2) is 15.6 Å². The molecular weight excluding hydrogens is 455 g/mol. The lowest BCUT2D eigenvalue weighted by molar-refractivity contribution is 0.139. The number of hydrogen-bond acceptors (Lipinski definition) is 5. The van der Waals surface area contributed by atoms with Crippen molar-refractivity contribution in [3.63, 3.8) is 0 Å². The predicted octanol–water partition coefficient (Wildman–Crippen LogP) is 2.50. The molecule has 8 heteroatoms. The van der Waals surface area contributed by atoms with E-state index in [9.17, 15) is 0 Å². The molecule has 2 N–H and O–H groups in total. The maximum Gasteiger partial charge on any atom is 0.191 e. The van der Waals surface area contributed by atoms with Gasteiger partial charge in [0.2, 0.25) is 0 Å². The first-order valence-corrected chi connectivity index (χ1v) is 10.0. The summed E-state index contributed by atoms with van der Waals surface area (Å²) in [6.07, 6.45) is 2.18. The highest BCUT2D eigenvalue weighted by Crippen LogP contribution is 2.22. The molecule has 7 nitrogen and oxygen atoms in total. The molecule has 1 aromatic heterocycles. The lowest BCUT2D eigenvalue weighted by atomic mass is 9.99. The number of rotatable bonds is 9. The van der Waals surface area contributed by atoms with Gasteiger partial charge >= 0.3 is 0 Å². The highest BCUT2D eigenvalue weighted by atomic mass is 127. The molecule has 0 aliphatic carbocycles. The van der Waals surface area contributed by atoms with Gasteiger partial charge in [-0.15, -0.1) is 24.0 Å². The first-order valence-electron chi connectivity index (χ1n) is 10.0. The molecule has 1 saturated heterocycles. The minimum atomic E-state index is 0. The van der Waals surface area contributed by atoms with Crippen LogP contribution in [0.4, 0.5) is 0 Å². The predicted molar refractivity (Wildman–Crippen MR) is 122 cm³/mol. The van der Waals surface area contributed by atoms with E-state index >= 15 is 0 Å². The number of halogens is 1. The number of nitrogens with one attached hydrogen (secondary N) is 2. The molecule has 0 unspecified atom stereocenters. The van der Waals surface area contributed by atoms with Crippen molar-refractivity contribution in [2.45, 2.75) is 46.1 Å². The Bertz CT molecular complexity index is 538. The normalized spacial score (nSPS) is 16.4.